The number of nitrogens with two attached hydrogens (primary N) is 1. The van der Waals surface area contributed by atoms with Gasteiger partial charge >= 0.3 is 0 Å². The molecule has 0 aromatic heterocycles. The highest BCUT2D eigenvalue weighted by Crippen LogP contribution is 2.30. The zero-order chi connectivity index (χ0) is 15.7. The van der Waals surface area contributed by atoms with Crippen LogP contribution in [0, 0.1) is 11.6 Å². The maximum absolute atomic E-state index is 13.8. The molecule has 1 aromatic carbocycles. The van der Waals surface area contributed by atoms with Gasteiger partial charge in [0, 0.05) is 32.2 Å². The number of halogens is 2. The molecule has 2 aliphatic rings. The number of piperazine rings is 1. The van der Waals surface area contributed by atoms with Crippen LogP contribution in [-0.2, 0) is 4.79 Å². The van der Waals surface area contributed by atoms with Crippen molar-refractivity contribution in [2.45, 2.75) is 31.2 Å². The first kappa shape index (κ1) is 15.2. The number of nitrogens with zero attached hydrogens (tertiary/aromatic N) is 2. The highest BCUT2D eigenvalue weighted by atomic mass is 19.1. The molecule has 2 N–H and O–H groups in total. The molecule has 3 rings (SSSR count). The van der Waals surface area contributed by atoms with Crippen molar-refractivity contribution >= 4 is 11.6 Å². The third-order valence-electron chi connectivity index (χ3n) is 4.74. The number of carbonyl (C=O) groups is 1. The van der Waals surface area contributed by atoms with Crippen molar-refractivity contribution in [3.8, 4) is 0 Å². The van der Waals surface area contributed by atoms with Gasteiger partial charge in [-0.15, -0.1) is 0 Å². The fourth-order valence-electron chi connectivity index (χ4n) is 3.41. The number of hydrogen-bond donors (Lipinski definition) is 1. The summed E-state index contributed by atoms with van der Waals surface area (Å²) < 4.78 is 27.1. The molecule has 1 amide bonds. The lowest BCUT2D eigenvalue weighted by Gasteiger charge is -2.39. The van der Waals surface area contributed by atoms with Crippen molar-refractivity contribution in [2.75, 3.05) is 31.1 Å². The molecule has 0 radical (unpaired) electrons. The molecule has 1 aliphatic carbocycles. The van der Waals surface area contributed by atoms with Crippen LogP contribution in [0.25, 0.3) is 0 Å². The summed E-state index contributed by atoms with van der Waals surface area (Å²) in [6.07, 6.45) is 3.47. The van der Waals surface area contributed by atoms with Gasteiger partial charge < -0.3 is 15.5 Å². The number of anilines is 1. The quantitative estimate of drug-likeness (QED) is 0.907. The Bertz CT molecular complexity index is 565. The smallest absolute Gasteiger partial charge is 0.242 e. The van der Waals surface area contributed by atoms with Gasteiger partial charge in [0.25, 0.3) is 0 Å². The van der Waals surface area contributed by atoms with Crippen molar-refractivity contribution in [1.82, 2.24) is 4.90 Å². The average Bonchev–Trinajstić information content (AvgIpc) is 2.97. The minimum atomic E-state index is -0.716. The highest BCUT2D eigenvalue weighted by Gasteiger charge is 2.40. The molecule has 1 aliphatic heterocycles. The predicted octanol–water partition coefficient (Wildman–Crippen LogP) is 1.88. The summed E-state index contributed by atoms with van der Waals surface area (Å²) in [6.45, 7) is 1.96. The Labute approximate surface area is 128 Å². The lowest BCUT2D eigenvalue weighted by atomic mass is 9.97. The first-order valence-corrected chi connectivity index (χ1v) is 7.78. The first-order valence-electron chi connectivity index (χ1n) is 7.78. The molecule has 0 bridgehead atoms. The summed E-state index contributed by atoms with van der Waals surface area (Å²) in [5.74, 6) is -0.890. The van der Waals surface area contributed by atoms with Crippen LogP contribution in [-0.4, -0.2) is 42.5 Å². The minimum absolute atomic E-state index is 0.00404. The van der Waals surface area contributed by atoms with Gasteiger partial charge in [-0.05, 0) is 25.0 Å². The highest BCUT2D eigenvalue weighted by molar-refractivity contribution is 5.86. The number of benzene rings is 1. The van der Waals surface area contributed by atoms with Gasteiger partial charge in [0.05, 0.1) is 11.2 Å². The largest absolute Gasteiger partial charge is 0.366 e. The van der Waals surface area contributed by atoms with Crippen molar-refractivity contribution in [2.24, 2.45) is 5.73 Å². The van der Waals surface area contributed by atoms with Gasteiger partial charge in [-0.1, -0.05) is 12.8 Å². The van der Waals surface area contributed by atoms with Crippen LogP contribution in [0.5, 0.6) is 0 Å². The summed E-state index contributed by atoms with van der Waals surface area (Å²) in [5.41, 5.74) is 5.75. The zero-order valence-corrected chi connectivity index (χ0v) is 12.5. The second kappa shape index (κ2) is 5.83. The Morgan fingerprint density at radius 3 is 2.36 bits per heavy atom. The van der Waals surface area contributed by atoms with E-state index in [0.717, 1.165) is 37.8 Å². The van der Waals surface area contributed by atoms with E-state index in [9.17, 15) is 13.6 Å². The monoisotopic (exact) mass is 309 g/mol. The van der Waals surface area contributed by atoms with E-state index < -0.39 is 17.2 Å². The molecular formula is C16H21F2N3O. The molecule has 1 saturated carbocycles. The van der Waals surface area contributed by atoms with Crippen molar-refractivity contribution < 1.29 is 13.6 Å². The van der Waals surface area contributed by atoms with Gasteiger partial charge in [0.15, 0.2) is 0 Å². The zero-order valence-electron chi connectivity index (χ0n) is 12.5. The summed E-state index contributed by atoms with van der Waals surface area (Å²) in [6, 6.07) is 3.45. The predicted molar refractivity (Wildman–Crippen MR) is 80.5 cm³/mol. The van der Waals surface area contributed by atoms with Gasteiger partial charge in [0.2, 0.25) is 5.91 Å². The SMILES string of the molecule is NC1(C(=O)N2CCN(c3cc(F)ccc3F)CC2)CCCC1. The van der Waals surface area contributed by atoms with Crippen LogP contribution in [0.2, 0.25) is 0 Å². The van der Waals surface area contributed by atoms with E-state index in [1.54, 1.807) is 9.80 Å². The summed E-state index contributed by atoms with van der Waals surface area (Å²) in [5, 5.41) is 0. The molecule has 120 valence electrons. The van der Waals surface area contributed by atoms with E-state index in [1.165, 1.54) is 6.07 Å². The Balaban J connectivity index is 1.65. The van der Waals surface area contributed by atoms with E-state index >= 15 is 0 Å². The second-order valence-corrected chi connectivity index (χ2v) is 6.24. The van der Waals surface area contributed by atoms with E-state index in [4.69, 9.17) is 5.73 Å². The van der Waals surface area contributed by atoms with Crippen LogP contribution >= 0.6 is 0 Å². The number of hydrogen-bond acceptors (Lipinski definition) is 3. The first-order chi connectivity index (χ1) is 10.5. The van der Waals surface area contributed by atoms with Crippen molar-refractivity contribution in [3.63, 3.8) is 0 Å². The third-order valence-corrected chi connectivity index (χ3v) is 4.74. The van der Waals surface area contributed by atoms with Crippen LogP contribution in [0.15, 0.2) is 18.2 Å². The molecule has 0 atom stereocenters. The standard InChI is InChI=1S/C16H21F2N3O/c17-12-3-4-13(18)14(11-12)20-7-9-21(10-8-20)15(22)16(19)5-1-2-6-16/h3-4,11H,1-2,5-10,19H2. The molecule has 0 spiro atoms. The molecular weight excluding hydrogens is 288 g/mol. The Morgan fingerprint density at radius 2 is 1.73 bits per heavy atom. The van der Waals surface area contributed by atoms with Crippen molar-refractivity contribution in [1.29, 1.82) is 0 Å². The van der Waals surface area contributed by atoms with E-state index in [-0.39, 0.29) is 11.6 Å². The summed E-state index contributed by atoms with van der Waals surface area (Å²) >= 11 is 0. The van der Waals surface area contributed by atoms with Gasteiger partial charge in [-0.2, -0.15) is 0 Å². The fraction of sp³-hybridized carbons (Fsp3) is 0.562. The second-order valence-electron chi connectivity index (χ2n) is 6.24. The lowest BCUT2D eigenvalue weighted by molar-refractivity contribution is -0.137. The lowest BCUT2D eigenvalue weighted by Crippen LogP contribution is -2.58. The maximum atomic E-state index is 13.8. The topological polar surface area (TPSA) is 49.6 Å². The molecule has 2 fully saturated rings. The Hall–Kier alpha value is -1.69. The summed E-state index contributed by atoms with van der Waals surface area (Å²) in [7, 11) is 0. The van der Waals surface area contributed by atoms with Gasteiger partial charge in [0.1, 0.15) is 11.6 Å². The van der Waals surface area contributed by atoms with Gasteiger partial charge in [-0.3, -0.25) is 4.79 Å². The van der Waals surface area contributed by atoms with Crippen molar-refractivity contribution in [3.05, 3.63) is 29.8 Å². The maximum Gasteiger partial charge on any atom is 0.242 e. The normalized spacial score (nSPS) is 21.2. The molecule has 0 unspecified atom stereocenters. The fourth-order valence-corrected chi connectivity index (χ4v) is 3.41. The summed E-state index contributed by atoms with van der Waals surface area (Å²) in [4.78, 5) is 16.1. The molecule has 1 aromatic rings. The molecule has 22 heavy (non-hydrogen) atoms. The Morgan fingerprint density at radius 1 is 1.09 bits per heavy atom. The van der Waals surface area contributed by atoms with Crippen LogP contribution in [0.4, 0.5) is 14.5 Å². The number of carbonyl (C=O) groups excluding carboxylic acids is 1. The molecule has 6 heteroatoms. The van der Waals surface area contributed by atoms with E-state index in [2.05, 4.69) is 0 Å². The van der Waals surface area contributed by atoms with Crippen LogP contribution in [0.1, 0.15) is 25.7 Å². The van der Waals surface area contributed by atoms with Crippen LogP contribution in [0.3, 0.4) is 0 Å². The third kappa shape index (κ3) is 2.79. The average molecular weight is 309 g/mol. The minimum Gasteiger partial charge on any atom is -0.366 e. The Kier molecular flexibility index (Phi) is 4.04. The van der Waals surface area contributed by atoms with E-state index in [1.807, 2.05) is 0 Å². The number of amides is 1. The molecule has 1 heterocycles. The van der Waals surface area contributed by atoms with Crippen LogP contribution < -0.4 is 10.6 Å². The number of rotatable bonds is 2. The molecule has 1 saturated heterocycles. The molecule has 4 nitrogen and oxygen atoms in total. The van der Waals surface area contributed by atoms with E-state index in [0.29, 0.717) is 26.2 Å². The van der Waals surface area contributed by atoms with Gasteiger partial charge in [-0.25, -0.2) is 8.78 Å².